The van der Waals surface area contributed by atoms with Gasteiger partial charge in [0.2, 0.25) is 0 Å². The SMILES string of the molecule is CC(C)(C)c1ccc(O)c(C(C)(C)C)c1.CCCCc1ccccc1O. The van der Waals surface area contributed by atoms with Crippen molar-refractivity contribution in [1.29, 1.82) is 0 Å². The number of hydrogen-bond donors (Lipinski definition) is 2. The number of benzene rings is 2. The van der Waals surface area contributed by atoms with Gasteiger partial charge in [-0.3, -0.25) is 0 Å². The van der Waals surface area contributed by atoms with Gasteiger partial charge in [0, 0.05) is 0 Å². The summed E-state index contributed by atoms with van der Waals surface area (Å²) in [5.74, 6) is 0.830. The van der Waals surface area contributed by atoms with Crippen molar-refractivity contribution in [1.82, 2.24) is 0 Å². The van der Waals surface area contributed by atoms with E-state index in [-0.39, 0.29) is 10.8 Å². The van der Waals surface area contributed by atoms with E-state index in [4.69, 9.17) is 0 Å². The summed E-state index contributed by atoms with van der Waals surface area (Å²) >= 11 is 0. The second-order valence-electron chi connectivity index (χ2n) is 8.96. The molecule has 0 saturated heterocycles. The quantitative estimate of drug-likeness (QED) is 0.640. The van der Waals surface area contributed by atoms with Crippen LogP contribution in [0.2, 0.25) is 0 Å². The van der Waals surface area contributed by atoms with E-state index in [1.54, 1.807) is 12.1 Å². The van der Waals surface area contributed by atoms with Gasteiger partial charge in [-0.25, -0.2) is 0 Å². The molecule has 0 heterocycles. The summed E-state index contributed by atoms with van der Waals surface area (Å²) < 4.78 is 0. The Morgan fingerprint density at radius 1 is 0.769 bits per heavy atom. The molecule has 0 aliphatic carbocycles. The first-order valence-corrected chi connectivity index (χ1v) is 9.57. The average Bonchev–Trinajstić information content (AvgIpc) is 2.53. The zero-order valence-electron chi connectivity index (χ0n) is 17.6. The minimum Gasteiger partial charge on any atom is -0.508 e. The summed E-state index contributed by atoms with van der Waals surface area (Å²) in [7, 11) is 0. The third-order valence-corrected chi connectivity index (χ3v) is 4.46. The Balaban J connectivity index is 0.000000273. The van der Waals surface area contributed by atoms with Crippen LogP contribution in [0.15, 0.2) is 42.5 Å². The Hall–Kier alpha value is -1.96. The fourth-order valence-electron chi connectivity index (χ4n) is 2.69. The largest absolute Gasteiger partial charge is 0.508 e. The summed E-state index contributed by atoms with van der Waals surface area (Å²) in [6, 6.07) is 13.5. The smallest absolute Gasteiger partial charge is 0.119 e. The molecular weight excluding hydrogens is 320 g/mol. The first-order valence-electron chi connectivity index (χ1n) is 9.57. The lowest BCUT2D eigenvalue weighted by atomic mass is 9.80. The number of rotatable bonds is 3. The van der Waals surface area contributed by atoms with Gasteiger partial charge in [0.1, 0.15) is 11.5 Å². The molecule has 0 atom stereocenters. The highest BCUT2D eigenvalue weighted by molar-refractivity contribution is 5.42. The van der Waals surface area contributed by atoms with Crippen molar-refractivity contribution in [3.63, 3.8) is 0 Å². The van der Waals surface area contributed by atoms with Crippen LogP contribution in [0, 0.1) is 0 Å². The molecule has 2 heteroatoms. The Bertz CT molecular complexity index is 688. The zero-order valence-corrected chi connectivity index (χ0v) is 17.6. The molecule has 0 saturated carbocycles. The van der Waals surface area contributed by atoms with E-state index < -0.39 is 0 Å². The molecular formula is C24H36O2. The third-order valence-electron chi connectivity index (χ3n) is 4.46. The normalized spacial score (nSPS) is 11.7. The highest BCUT2D eigenvalue weighted by Crippen LogP contribution is 2.34. The van der Waals surface area contributed by atoms with E-state index in [0.29, 0.717) is 11.5 Å². The molecule has 2 aromatic rings. The van der Waals surface area contributed by atoms with Crippen LogP contribution in [0.4, 0.5) is 0 Å². The summed E-state index contributed by atoms with van der Waals surface area (Å²) in [6.45, 7) is 15.1. The Kier molecular flexibility index (Phi) is 7.74. The van der Waals surface area contributed by atoms with Crippen LogP contribution in [0.1, 0.15) is 78.0 Å². The number of phenols is 2. The van der Waals surface area contributed by atoms with E-state index in [1.165, 1.54) is 12.0 Å². The van der Waals surface area contributed by atoms with Crippen LogP contribution < -0.4 is 0 Å². The number of unbranched alkanes of at least 4 members (excludes halogenated alkanes) is 1. The molecule has 144 valence electrons. The van der Waals surface area contributed by atoms with Crippen molar-refractivity contribution in [2.45, 2.75) is 78.6 Å². The predicted octanol–water partition coefficient (Wildman–Crippen LogP) is 6.72. The number of hydrogen-bond acceptors (Lipinski definition) is 2. The second kappa shape index (κ2) is 9.12. The maximum Gasteiger partial charge on any atom is 0.119 e. The van der Waals surface area contributed by atoms with Crippen LogP contribution in [-0.4, -0.2) is 10.2 Å². The third kappa shape index (κ3) is 6.74. The minimum absolute atomic E-state index is 0.00859. The molecule has 0 unspecified atom stereocenters. The molecule has 26 heavy (non-hydrogen) atoms. The van der Waals surface area contributed by atoms with Crippen molar-refractivity contribution in [2.75, 3.05) is 0 Å². The molecule has 0 radical (unpaired) electrons. The van der Waals surface area contributed by atoms with Gasteiger partial charge in [0.25, 0.3) is 0 Å². The number of aromatic hydroxyl groups is 2. The molecule has 2 nitrogen and oxygen atoms in total. The highest BCUT2D eigenvalue weighted by Gasteiger charge is 2.21. The van der Waals surface area contributed by atoms with Gasteiger partial charge in [-0.15, -0.1) is 0 Å². The zero-order chi connectivity index (χ0) is 20.0. The Morgan fingerprint density at radius 2 is 1.38 bits per heavy atom. The number of aryl methyl sites for hydroxylation is 1. The second-order valence-corrected chi connectivity index (χ2v) is 8.96. The Labute approximate surface area is 159 Å². The van der Waals surface area contributed by atoms with Crippen LogP contribution in [0.25, 0.3) is 0 Å². The van der Waals surface area contributed by atoms with E-state index in [0.717, 1.165) is 24.0 Å². The van der Waals surface area contributed by atoms with Crippen LogP contribution >= 0.6 is 0 Å². The molecule has 0 amide bonds. The average molecular weight is 357 g/mol. The van der Waals surface area contributed by atoms with Crippen molar-refractivity contribution in [3.8, 4) is 11.5 Å². The first-order chi connectivity index (χ1) is 12.0. The topological polar surface area (TPSA) is 40.5 Å². The molecule has 0 aromatic heterocycles. The van der Waals surface area contributed by atoms with Crippen molar-refractivity contribution in [2.24, 2.45) is 0 Å². The lowest BCUT2D eigenvalue weighted by molar-refractivity contribution is 0.444. The fraction of sp³-hybridized carbons (Fsp3) is 0.500. The number of para-hydroxylation sites is 1. The summed E-state index contributed by atoms with van der Waals surface area (Å²) in [4.78, 5) is 0. The van der Waals surface area contributed by atoms with E-state index >= 15 is 0 Å². The summed E-state index contributed by atoms with van der Waals surface area (Å²) in [5, 5.41) is 19.2. The summed E-state index contributed by atoms with van der Waals surface area (Å²) in [5.41, 5.74) is 3.48. The molecule has 0 aliphatic heterocycles. The predicted molar refractivity (Wildman–Crippen MR) is 112 cm³/mol. The highest BCUT2D eigenvalue weighted by atomic mass is 16.3. The maximum atomic E-state index is 9.84. The van der Waals surface area contributed by atoms with Gasteiger partial charge in [0.05, 0.1) is 0 Å². The molecule has 2 rings (SSSR count). The van der Waals surface area contributed by atoms with Crippen molar-refractivity contribution in [3.05, 3.63) is 59.2 Å². The molecule has 0 fully saturated rings. The van der Waals surface area contributed by atoms with Gasteiger partial charge in [-0.05, 0) is 52.5 Å². The van der Waals surface area contributed by atoms with Crippen LogP contribution in [0.3, 0.4) is 0 Å². The lowest BCUT2D eigenvalue weighted by Gasteiger charge is -2.25. The molecule has 0 bridgehead atoms. The maximum absolute atomic E-state index is 9.84. The monoisotopic (exact) mass is 356 g/mol. The van der Waals surface area contributed by atoms with Gasteiger partial charge < -0.3 is 10.2 Å². The van der Waals surface area contributed by atoms with Gasteiger partial charge in [-0.1, -0.05) is 85.2 Å². The summed E-state index contributed by atoms with van der Waals surface area (Å²) in [6.07, 6.45) is 3.31. The fourth-order valence-corrected chi connectivity index (χ4v) is 2.69. The van der Waals surface area contributed by atoms with E-state index in [1.807, 2.05) is 24.3 Å². The molecule has 0 spiro atoms. The van der Waals surface area contributed by atoms with Gasteiger partial charge in [0.15, 0.2) is 0 Å². The number of phenolic OH excluding ortho intramolecular Hbond substituents is 2. The Morgan fingerprint density at radius 3 is 1.88 bits per heavy atom. The lowest BCUT2D eigenvalue weighted by Crippen LogP contribution is -2.16. The van der Waals surface area contributed by atoms with Gasteiger partial charge in [-0.2, -0.15) is 0 Å². The van der Waals surface area contributed by atoms with Crippen LogP contribution in [0.5, 0.6) is 11.5 Å². The first kappa shape index (κ1) is 22.1. The molecule has 0 aliphatic rings. The molecule has 2 aromatic carbocycles. The van der Waals surface area contributed by atoms with E-state index in [2.05, 4.69) is 54.5 Å². The molecule has 2 N–H and O–H groups in total. The van der Waals surface area contributed by atoms with Crippen molar-refractivity contribution >= 4 is 0 Å². The van der Waals surface area contributed by atoms with Crippen LogP contribution in [-0.2, 0) is 17.3 Å². The van der Waals surface area contributed by atoms with E-state index in [9.17, 15) is 10.2 Å². The van der Waals surface area contributed by atoms with Gasteiger partial charge >= 0.3 is 0 Å². The minimum atomic E-state index is -0.00859. The van der Waals surface area contributed by atoms with Crippen molar-refractivity contribution < 1.29 is 10.2 Å². The standard InChI is InChI=1S/C14H22O.C10H14O/c1-13(2,3)10-7-8-12(15)11(9-10)14(4,5)6;1-2-3-6-9-7-4-5-8-10(9)11/h7-9,15H,1-6H3;4-5,7-8,11H,2-3,6H2,1H3.